The van der Waals surface area contributed by atoms with Gasteiger partial charge in [-0.1, -0.05) is 11.8 Å². The van der Waals surface area contributed by atoms with Gasteiger partial charge >= 0.3 is 5.97 Å². The predicted octanol–water partition coefficient (Wildman–Crippen LogP) is 0.576. The first-order chi connectivity index (χ1) is 9.29. The van der Waals surface area contributed by atoms with Crippen molar-refractivity contribution in [1.29, 1.82) is 0 Å². The van der Waals surface area contributed by atoms with Crippen molar-refractivity contribution >= 4 is 17.7 Å². The van der Waals surface area contributed by atoms with Crippen LogP contribution in [0.5, 0.6) is 0 Å². The van der Waals surface area contributed by atoms with E-state index in [4.69, 9.17) is 0 Å². The van der Waals surface area contributed by atoms with Gasteiger partial charge < -0.3 is 4.74 Å². The Bertz CT molecular complexity index is 531. The molecule has 0 aliphatic rings. The molecule has 0 radical (unpaired) electrons. The van der Waals surface area contributed by atoms with Crippen molar-refractivity contribution in [2.45, 2.75) is 18.1 Å². The van der Waals surface area contributed by atoms with Crippen LogP contribution < -0.4 is 0 Å². The number of rotatable bonds is 6. The van der Waals surface area contributed by atoms with E-state index >= 15 is 0 Å². The van der Waals surface area contributed by atoms with Crippen molar-refractivity contribution in [2.24, 2.45) is 0 Å². The Morgan fingerprint density at radius 2 is 2.21 bits per heavy atom. The molecule has 7 nitrogen and oxygen atoms in total. The molecule has 0 amide bonds. The highest BCUT2D eigenvalue weighted by molar-refractivity contribution is 7.99. The lowest BCUT2D eigenvalue weighted by molar-refractivity contribution is -0.141. The van der Waals surface area contributed by atoms with Crippen LogP contribution in [0, 0.1) is 0 Å². The third-order valence-electron chi connectivity index (χ3n) is 2.38. The Kier molecular flexibility index (Phi) is 4.85. The Morgan fingerprint density at radius 1 is 1.42 bits per heavy atom. The summed E-state index contributed by atoms with van der Waals surface area (Å²) in [7, 11) is 1.34. The minimum absolute atomic E-state index is 0.0289. The molecule has 8 heteroatoms. The first kappa shape index (κ1) is 13.5. The van der Waals surface area contributed by atoms with Crippen LogP contribution in [0.25, 0.3) is 0 Å². The summed E-state index contributed by atoms with van der Waals surface area (Å²) in [4.78, 5) is 15.1. The number of esters is 1. The molecule has 0 aliphatic carbocycles. The van der Waals surface area contributed by atoms with E-state index in [0.29, 0.717) is 5.16 Å². The van der Waals surface area contributed by atoms with Gasteiger partial charge in [0.2, 0.25) is 5.16 Å². The molecule has 0 aromatic carbocycles. The van der Waals surface area contributed by atoms with E-state index in [1.165, 1.54) is 29.1 Å². The minimum atomic E-state index is -0.372. The molecule has 2 heterocycles. The zero-order chi connectivity index (χ0) is 13.5. The van der Waals surface area contributed by atoms with Gasteiger partial charge in [-0.05, 0) is 34.5 Å². The van der Waals surface area contributed by atoms with Crippen LogP contribution in [0.1, 0.15) is 5.56 Å². The molecule has 0 atom stereocenters. The molecular weight excluding hydrogens is 266 g/mol. The number of aryl methyl sites for hydroxylation is 1. The van der Waals surface area contributed by atoms with Gasteiger partial charge in [0.05, 0.1) is 7.11 Å². The molecule has 0 spiro atoms. The number of ether oxygens (including phenoxy) is 1. The molecule has 0 N–H and O–H groups in total. The molecule has 0 unspecified atom stereocenters. The van der Waals surface area contributed by atoms with Crippen molar-refractivity contribution < 1.29 is 9.53 Å². The van der Waals surface area contributed by atoms with E-state index in [1.54, 1.807) is 12.4 Å². The summed E-state index contributed by atoms with van der Waals surface area (Å²) in [6, 6.07) is 3.94. The maximum atomic E-state index is 11.2. The van der Waals surface area contributed by atoms with Gasteiger partial charge in [-0.25, -0.2) is 4.68 Å². The number of hydrogen-bond donors (Lipinski definition) is 0. The van der Waals surface area contributed by atoms with E-state index in [9.17, 15) is 4.79 Å². The number of hydrogen-bond acceptors (Lipinski definition) is 7. The first-order valence-electron chi connectivity index (χ1n) is 5.64. The lowest BCUT2D eigenvalue weighted by atomic mass is 10.2. The van der Waals surface area contributed by atoms with Gasteiger partial charge in [0.1, 0.15) is 6.54 Å². The Balaban J connectivity index is 1.86. The molecule has 0 saturated carbocycles. The van der Waals surface area contributed by atoms with Gasteiger partial charge in [-0.15, -0.1) is 5.10 Å². The zero-order valence-corrected chi connectivity index (χ0v) is 11.2. The molecule has 0 saturated heterocycles. The number of pyridine rings is 1. The summed E-state index contributed by atoms with van der Waals surface area (Å²) in [5, 5.41) is 11.8. The number of carbonyl (C=O) groups is 1. The molecule has 0 bridgehead atoms. The molecule has 0 aliphatic heterocycles. The summed E-state index contributed by atoms with van der Waals surface area (Å²) in [6.07, 6.45) is 4.42. The number of methoxy groups -OCH3 is 1. The van der Waals surface area contributed by atoms with E-state index in [-0.39, 0.29) is 12.5 Å². The lowest BCUT2D eigenvalue weighted by Crippen LogP contribution is -2.13. The van der Waals surface area contributed by atoms with E-state index < -0.39 is 0 Å². The van der Waals surface area contributed by atoms with Crippen LogP contribution in [0.3, 0.4) is 0 Å². The standard InChI is InChI=1S/C11H13N5O2S/c1-18-10(17)8-16-11(13-14-15-16)19-7-4-9-2-5-12-6-3-9/h2-3,5-6H,4,7-8H2,1H3. The van der Waals surface area contributed by atoms with Crippen molar-refractivity contribution in [1.82, 2.24) is 25.2 Å². The van der Waals surface area contributed by atoms with Gasteiger partial charge in [-0.2, -0.15) is 0 Å². The van der Waals surface area contributed by atoms with Crippen LogP contribution in [-0.4, -0.2) is 44.0 Å². The van der Waals surface area contributed by atoms with Crippen LogP contribution in [0.15, 0.2) is 29.7 Å². The average Bonchev–Trinajstić information content (AvgIpc) is 2.87. The molecule has 19 heavy (non-hydrogen) atoms. The highest BCUT2D eigenvalue weighted by atomic mass is 32.2. The van der Waals surface area contributed by atoms with E-state index in [1.807, 2.05) is 12.1 Å². The maximum absolute atomic E-state index is 11.2. The summed E-state index contributed by atoms with van der Waals surface area (Å²) < 4.78 is 6.01. The number of thioether (sulfide) groups is 1. The summed E-state index contributed by atoms with van der Waals surface area (Å²) in [5.74, 6) is 0.453. The fraction of sp³-hybridized carbons (Fsp3) is 0.364. The van der Waals surface area contributed by atoms with E-state index in [0.717, 1.165) is 12.2 Å². The average molecular weight is 279 g/mol. The first-order valence-corrected chi connectivity index (χ1v) is 6.63. The van der Waals surface area contributed by atoms with E-state index in [2.05, 4.69) is 25.2 Å². The third kappa shape index (κ3) is 4.02. The topological polar surface area (TPSA) is 82.8 Å². The number of tetrazole rings is 1. The molecule has 2 aromatic heterocycles. The number of nitrogens with zero attached hydrogens (tertiary/aromatic N) is 5. The van der Waals surface area contributed by atoms with Gasteiger partial charge in [0.15, 0.2) is 0 Å². The Labute approximate surface area is 114 Å². The lowest BCUT2D eigenvalue weighted by Gasteiger charge is -2.03. The largest absolute Gasteiger partial charge is 0.468 e. The van der Waals surface area contributed by atoms with Crippen molar-refractivity contribution in [3.63, 3.8) is 0 Å². The van der Waals surface area contributed by atoms with Gasteiger partial charge in [-0.3, -0.25) is 9.78 Å². The zero-order valence-electron chi connectivity index (χ0n) is 10.4. The summed E-state index contributed by atoms with van der Waals surface area (Å²) in [5.41, 5.74) is 1.20. The molecule has 0 fully saturated rings. The number of aromatic nitrogens is 5. The Morgan fingerprint density at radius 3 is 2.95 bits per heavy atom. The second kappa shape index (κ2) is 6.83. The summed E-state index contributed by atoms with van der Waals surface area (Å²) >= 11 is 1.50. The van der Waals surface area contributed by atoms with Crippen LogP contribution in [0.4, 0.5) is 0 Å². The third-order valence-corrected chi connectivity index (χ3v) is 3.34. The number of carbonyl (C=O) groups excluding carboxylic acids is 1. The smallest absolute Gasteiger partial charge is 0.327 e. The molecular formula is C11H13N5O2S. The second-order valence-corrected chi connectivity index (χ2v) is 4.71. The normalized spacial score (nSPS) is 10.4. The molecule has 2 rings (SSSR count). The second-order valence-electron chi connectivity index (χ2n) is 3.65. The highest BCUT2D eigenvalue weighted by Gasteiger charge is 2.10. The van der Waals surface area contributed by atoms with Crippen molar-refractivity contribution in [3.8, 4) is 0 Å². The highest BCUT2D eigenvalue weighted by Crippen LogP contribution is 2.15. The van der Waals surface area contributed by atoms with Crippen molar-refractivity contribution in [2.75, 3.05) is 12.9 Å². The maximum Gasteiger partial charge on any atom is 0.327 e. The SMILES string of the molecule is COC(=O)Cn1nnnc1SCCc1ccncc1. The van der Waals surface area contributed by atoms with Gasteiger partial charge in [0, 0.05) is 18.1 Å². The fourth-order valence-electron chi connectivity index (χ4n) is 1.40. The van der Waals surface area contributed by atoms with Crippen molar-refractivity contribution in [3.05, 3.63) is 30.1 Å². The monoisotopic (exact) mass is 279 g/mol. The predicted molar refractivity (Wildman–Crippen MR) is 68.5 cm³/mol. The molecule has 100 valence electrons. The van der Waals surface area contributed by atoms with Gasteiger partial charge in [0.25, 0.3) is 0 Å². The van der Waals surface area contributed by atoms with Crippen LogP contribution >= 0.6 is 11.8 Å². The van der Waals surface area contributed by atoms with Crippen LogP contribution in [-0.2, 0) is 22.5 Å². The Hall–Kier alpha value is -1.96. The molecule has 2 aromatic rings. The van der Waals surface area contributed by atoms with Crippen LogP contribution in [0.2, 0.25) is 0 Å². The summed E-state index contributed by atoms with van der Waals surface area (Å²) in [6.45, 7) is 0.0289. The minimum Gasteiger partial charge on any atom is -0.468 e. The fourth-order valence-corrected chi connectivity index (χ4v) is 2.26. The quantitative estimate of drug-likeness (QED) is 0.565.